The van der Waals surface area contributed by atoms with E-state index in [0.29, 0.717) is 50.4 Å². The first-order valence-electron chi connectivity index (χ1n) is 9.54. The summed E-state index contributed by atoms with van der Waals surface area (Å²) in [6.45, 7) is 5.23. The van der Waals surface area contributed by atoms with Crippen molar-refractivity contribution in [3.8, 4) is 23.0 Å². The number of hydrogen-bond acceptors (Lipinski definition) is 6. The van der Waals surface area contributed by atoms with Gasteiger partial charge in [0.05, 0.1) is 22.1 Å². The van der Waals surface area contributed by atoms with Gasteiger partial charge in [0, 0.05) is 5.56 Å². The zero-order valence-electron chi connectivity index (χ0n) is 17.1. The zero-order valence-corrected chi connectivity index (χ0v) is 17.9. The molecule has 0 aliphatic rings. The first-order chi connectivity index (χ1) is 14.9. The van der Waals surface area contributed by atoms with Gasteiger partial charge < -0.3 is 14.6 Å². The van der Waals surface area contributed by atoms with Crippen LogP contribution >= 0.6 is 11.6 Å². The van der Waals surface area contributed by atoms with Gasteiger partial charge in [-0.15, -0.1) is 0 Å². The van der Waals surface area contributed by atoms with E-state index in [0.717, 1.165) is 0 Å². The van der Waals surface area contributed by atoms with Crippen LogP contribution in [0.15, 0.2) is 59.1 Å². The van der Waals surface area contributed by atoms with Crippen LogP contribution in [0.3, 0.4) is 0 Å². The fourth-order valence-corrected chi connectivity index (χ4v) is 3.38. The van der Waals surface area contributed by atoms with Crippen LogP contribution in [0.1, 0.15) is 27.5 Å². The lowest BCUT2D eigenvalue weighted by atomic mass is 10.1. The van der Waals surface area contributed by atoms with E-state index in [4.69, 9.17) is 20.9 Å². The van der Waals surface area contributed by atoms with Gasteiger partial charge in [0.1, 0.15) is 22.8 Å². The van der Waals surface area contributed by atoms with Gasteiger partial charge in [0.25, 0.3) is 5.91 Å². The summed E-state index contributed by atoms with van der Waals surface area (Å²) in [5.74, 6) is 0.621. The molecule has 31 heavy (non-hydrogen) atoms. The number of carbonyl (C=O) groups excluding carboxylic acids is 1. The van der Waals surface area contributed by atoms with Crippen molar-refractivity contribution in [1.29, 1.82) is 0 Å². The van der Waals surface area contributed by atoms with Crippen LogP contribution in [-0.4, -0.2) is 21.0 Å². The molecule has 0 fully saturated rings. The highest BCUT2D eigenvalue weighted by Gasteiger charge is 2.24. The van der Waals surface area contributed by atoms with E-state index in [-0.39, 0.29) is 11.9 Å². The zero-order chi connectivity index (χ0) is 22.0. The number of hydrogen-bond donors (Lipinski definition) is 1. The largest absolute Gasteiger partial charge is 0.424 e. The van der Waals surface area contributed by atoms with Gasteiger partial charge in [-0.25, -0.2) is 0 Å². The topological polar surface area (TPSA) is 90.1 Å². The molecule has 156 valence electrons. The summed E-state index contributed by atoms with van der Waals surface area (Å²) in [5, 5.41) is 7.40. The molecule has 0 bridgehead atoms. The van der Waals surface area contributed by atoms with Crippen molar-refractivity contribution in [3.05, 3.63) is 82.3 Å². The maximum absolute atomic E-state index is 13.1. The average molecular weight is 435 g/mol. The van der Waals surface area contributed by atoms with E-state index >= 15 is 0 Å². The van der Waals surface area contributed by atoms with Gasteiger partial charge in [-0.1, -0.05) is 53.2 Å². The van der Waals surface area contributed by atoms with E-state index in [1.54, 1.807) is 32.9 Å². The minimum Gasteiger partial charge on any atom is -0.424 e. The molecule has 0 spiro atoms. The molecule has 0 saturated carbocycles. The third-order valence-corrected chi connectivity index (χ3v) is 4.99. The van der Waals surface area contributed by atoms with Crippen molar-refractivity contribution in [1.82, 2.24) is 15.1 Å². The van der Waals surface area contributed by atoms with Crippen molar-refractivity contribution >= 4 is 23.2 Å². The Kier molecular flexibility index (Phi) is 5.68. The van der Waals surface area contributed by atoms with E-state index in [9.17, 15) is 4.79 Å². The maximum atomic E-state index is 13.1. The summed E-state index contributed by atoms with van der Waals surface area (Å²) >= 11 is 6.29. The molecule has 4 rings (SSSR count). The van der Waals surface area contributed by atoms with Gasteiger partial charge in [-0.05, 0) is 39.0 Å². The van der Waals surface area contributed by atoms with Crippen molar-refractivity contribution in [2.75, 3.05) is 5.32 Å². The molecule has 0 radical (unpaired) electrons. The standard InChI is InChI=1S/C23H19ClN4O3/c1-13-20(14(2)26-23(25-13)30-16-9-5-4-6-10-16)27-22(29)19-15(3)31-28-21(19)17-11-7-8-12-18(17)24/h4-12H,1-3H3,(H,27,29). The second-order valence-electron chi connectivity index (χ2n) is 6.86. The van der Waals surface area contributed by atoms with Crippen molar-refractivity contribution in [2.24, 2.45) is 0 Å². The molecule has 0 unspecified atom stereocenters. The van der Waals surface area contributed by atoms with Crippen LogP contribution in [0.25, 0.3) is 11.3 Å². The van der Waals surface area contributed by atoms with Crippen LogP contribution < -0.4 is 10.1 Å². The Morgan fingerprint density at radius 1 is 0.968 bits per heavy atom. The van der Waals surface area contributed by atoms with Crippen LogP contribution in [0.2, 0.25) is 5.02 Å². The number of aryl methyl sites for hydroxylation is 3. The third-order valence-electron chi connectivity index (χ3n) is 4.66. The second kappa shape index (κ2) is 8.57. The Morgan fingerprint density at radius 2 is 1.61 bits per heavy atom. The van der Waals surface area contributed by atoms with Crippen LogP contribution in [-0.2, 0) is 0 Å². The summed E-state index contributed by atoms with van der Waals surface area (Å²) in [6, 6.07) is 16.6. The number of rotatable bonds is 5. The third kappa shape index (κ3) is 4.27. The van der Waals surface area contributed by atoms with Gasteiger partial charge in [-0.3, -0.25) is 4.79 Å². The lowest BCUT2D eigenvalue weighted by molar-refractivity contribution is 0.102. The molecule has 2 aromatic heterocycles. The number of ether oxygens (including phenoxy) is 1. The first-order valence-corrected chi connectivity index (χ1v) is 9.92. The summed E-state index contributed by atoms with van der Waals surface area (Å²) in [7, 11) is 0. The molecule has 4 aromatic rings. The van der Waals surface area contributed by atoms with Crippen LogP contribution in [0, 0.1) is 20.8 Å². The second-order valence-corrected chi connectivity index (χ2v) is 7.27. The minimum atomic E-state index is -0.389. The Bertz CT molecular complexity index is 1230. The molecule has 0 saturated heterocycles. The number of anilines is 1. The van der Waals surface area contributed by atoms with Crippen LogP contribution in [0.5, 0.6) is 11.8 Å². The van der Waals surface area contributed by atoms with Crippen molar-refractivity contribution in [2.45, 2.75) is 20.8 Å². The minimum absolute atomic E-state index is 0.206. The van der Waals surface area contributed by atoms with Crippen LogP contribution in [0.4, 0.5) is 5.69 Å². The molecule has 0 aliphatic carbocycles. The smallest absolute Gasteiger partial charge is 0.322 e. The maximum Gasteiger partial charge on any atom is 0.322 e. The Hall–Kier alpha value is -3.71. The van der Waals surface area contributed by atoms with Gasteiger partial charge >= 0.3 is 6.01 Å². The molecule has 8 heteroatoms. The highest BCUT2D eigenvalue weighted by molar-refractivity contribution is 6.33. The van der Waals surface area contributed by atoms with E-state index in [1.165, 1.54) is 0 Å². The molecule has 2 aromatic carbocycles. The van der Waals surface area contributed by atoms with Gasteiger partial charge in [0.2, 0.25) is 0 Å². The average Bonchev–Trinajstić information content (AvgIpc) is 3.13. The van der Waals surface area contributed by atoms with Gasteiger partial charge in [-0.2, -0.15) is 9.97 Å². The molecule has 0 atom stereocenters. The molecule has 7 nitrogen and oxygen atoms in total. The lowest BCUT2D eigenvalue weighted by Crippen LogP contribution is -2.16. The van der Waals surface area contributed by atoms with Crippen molar-refractivity contribution < 1.29 is 14.1 Å². The fourth-order valence-electron chi connectivity index (χ4n) is 3.16. The number of benzene rings is 2. The Morgan fingerprint density at radius 3 is 2.29 bits per heavy atom. The quantitative estimate of drug-likeness (QED) is 0.429. The highest BCUT2D eigenvalue weighted by atomic mass is 35.5. The number of nitrogens with zero attached hydrogens (tertiary/aromatic N) is 3. The predicted octanol–water partition coefficient (Wildman–Crippen LogP) is 5.75. The van der Waals surface area contributed by atoms with E-state index in [2.05, 4.69) is 20.4 Å². The Labute approximate surface area is 184 Å². The summed E-state index contributed by atoms with van der Waals surface area (Å²) in [6.07, 6.45) is 0. The lowest BCUT2D eigenvalue weighted by Gasteiger charge is -2.13. The summed E-state index contributed by atoms with van der Waals surface area (Å²) in [5.41, 5.74) is 2.93. The molecular weight excluding hydrogens is 416 g/mol. The number of para-hydroxylation sites is 1. The molecule has 2 heterocycles. The fraction of sp³-hybridized carbons (Fsp3) is 0.130. The van der Waals surface area contributed by atoms with E-state index < -0.39 is 0 Å². The molecule has 1 amide bonds. The summed E-state index contributed by atoms with van der Waals surface area (Å²) < 4.78 is 11.0. The number of amides is 1. The number of nitrogens with one attached hydrogen (secondary N) is 1. The normalized spacial score (nSPS) is 10.7. The predicted molar refractivity (Wildman–Crippen MR) is 118 cm³/mol. The van der Waals surface area contributed by atoms with Gasteiger partial charge in [0.15, 0.2) is 0 Å². The summed E-state index contributed by atoms with van der Waals surface area (Å²) in [4.78, 5) is 21.9. The highest BCUT2D eigenvalue weighted by Crippen LogP contribution is 2.32. The molecule has 1 N–H and O–H groups in total. The Balaban J connectivity index is 1.63. The SMILES string of the molecule is Cc1nc(Oc2ccccc2)nc(C)c1NC(=O)c1c(-c2ccccc2Cl)noc1C. The first kappa shape index (κ1) is 20.6. The number of aromatic nitrogens is 3. The molecular formula is C23H19ClN4O3. The monoisotopic (exact) mass is 434 g/mol. The molecule has 0 aliphatic heterocycles. The number of carbonyl (C=O) groups is 1. The van der Waals surface area contributed by atoms with Crippen molar-refractivity contribution in [3.63, 3.8) is 0 Å². The van der Waals surface area contributed by atoms with E-state index in [1.807, 2.05) is 42.5 Å². The number of halogens is 1.